The van der Waals surface area contributed by atoms with Gasteiger partial charge in [-0.25, -0.2) is 4.39 Å². The number of hydrogen-bond acceptors (Lipinski definition) is 3. The fraction of sp³-hybridized carbons (Fsp3) is 0.647. The molecule has 0 bridgehead atoms. The number of aliphatic hydroxyl groups is 1. The normalized spacial score (nSPS) is 24.7. The Morgan fingerprint density at radius 1 is 1.43 bits per heavy atom. The van der Waals surface area contributed by atoms with Crippen molar-refractivity contribution in [2.45, 2.75) is 45.4 Å². The monoisotopic (exact) mass is 295 g/mol. The molecular formula is C17H26FNO2. The first-order valence-corrected chi connectivity index (χ1v) is 7.75. The molecule has 1 aromatic carbocycles. The summed E-state index contributed by atoms with van der Waals surface area (Å²) in [5.41, 5.74) is 0.997. The molecule has 2 rings (SSSR count). The number of likely N-dealkylation sites (tertiary alicyclic amines) is 1. The van der Waals surface area contributed by atoms with Gasteiger partial charge in [0.2, 0.25) is 0 Å². The summed E-state index contributed by atoms with van der Waals surface area (Å²) in [5.74, 6) is 0.354. The molecule has 21 heavy (non-hydrogen) atoms. The number of nitrogens with zero attached hydrogens (tertiary/aromatic N) is 1. The van der Waals surface area contributed by atoms with E-state index in [-0.39, 0.29) is 18.0 Å². The first-order chi connectivity index (χ1) is 9.95. The number of halogens is 1. The van der Waals surface area contributed by atoms with Crippen LogP contribution in [0.4, 0.5) is 4.39 Å². The fourth-order valence-electron chi connectivity index (χ4n) is 3.02. The molecule has 0 aliphatic carbocycles. The summed E-state index contributed by atoms with van der Waals surface area (Å²) in [4.78, 5) is 2.24. The SMILES string of the molecule is CC1CC(c2cccc(F)c2)N(CC(O)COC(C)C)C1. The van der Waals surface area contributed by atoms with Gasteiger partial charge in [-0.05, 0) is 43.9 Å². The lowest BCUT2D eigenvalue weighted by molar-refractivity contribution is -0.0104. The fourth-order valence-corrected chi connectivity index (χ4v) is 3.02. The van der Waals surface area contributed by atoms with Gasteiger partial charge in [-0.2, -0.15) is 0 Å². The molecular weight excluding hydrogens is 269 g/mol. The van der Waals surface area contributed by atoms with E-state index in [1.165, 1.54) is 6.07 Å². The van der Waals surface area contributed by atoms with Gasteiger partial charge in [0.15, 0.2) is 0 Å². The standard InChI is InChI=1S/C17H26FNO2/c1-12(2)21-11-16(20)10-19-9-13(3)7-17(19)14-5-4-6-15(18)8-14/h4-6,8,12-13,16-17,20H,7,9-11H2,1-3H3. The van der Waals surface area contributed by atoms with Gasteiger partial charge in [-0.1, -0.05) is 19.1 Å². The highest BCUT2D eigenvalue weighted by atomic mass is 19.1. The van der Waals surface area contributed by atoms with E-state index in [1.807, 2.05) is 19.9 Å². The van der Waals surface area contributed by atoms with E-state index in [9.17, 15) is 9.50 Å². The largest absolute Gasteiger partial charge is 0.389 e. The van der Waals surface area contributed by atoms with Gasteiger partial charge in [0.25, 0.3) is 0 Å². The average Bonchev–Trinajstić information content (AvgIpc) is 2.77. The predicted molar refractivity (Wildman–Crippen MR) is 81.6 cm³/mol. The van der Waals surface area contributed by atoms with Crippen molar-refractivity contribution in [1.82, 2.24) is 4.90 Å². The van der Waals surface area contributed by atoms with E-state index < -0.39 is 6.10 Å². The van der Waals surface area contributed by atoms with Crippen LogP contribution in [-0.2, 0) is 4.74 Å². The van der Waals surface area contributed by atoms with Gasteiger partial charge >= 0.3 is 0 Å². The first-order valence-electron chi connectivity index (χ1n) is 7.75. The maximum absolute atomic E-state index is 13.4. The van der Waals surface area contributed by atoms with Crippen molar-refractivity contribution in [2.24, 2.45) is 5.92 Å². The quantitative estimate of drug-likeness (QED) is 0.875. The molecule has 0 radical (unpaired) electrons. The minimum Gasteiger partial charge on any atom is -0.389 e. The summed E-state index contributed by atoms with van der Waals surface area (Å²) >= 11 is 0. The minimum atomic E-state index is -0.506. The second kappa shape index (κ2) is 7.34. The molecule has 4 heteroatoms. The third-order valence-electron chi connectivity index (χ3n) is 3.91. The predicted octanol–water partition coefficient (Wildman–Crippen LogP) is 2.99. The van der Waals surface area contributed by atoms with Crippen LogP contribution in [0.1, 0.15) is 38.8 Å². The molecule has 0 saturated carbocycles. The Bertz CT molecular complexity index is 452. The number of aliphatic hydroxyl groups excluding tert-OH is 1. The number of rotatable bonds is 6. The molecule has 1 aliphatic heterocycles. The van der Waals surface area contributed by atoms with E-state index in [0.717, 1.165) is 18.5 Å². The lowest BCUT2D eigenvalue weighted by Crippen LogP contribution is -2.35. The Balaban J connectivity index is 2.00. The Labute approximate surface area is 126 Å². The average molecular weight is 295 g/mol. The molecule has 1 fully saturated rings. The van der Waals surface area contributed by atoms with Crippen LogP contribution < -0.4 is 0 Å². The van der Waals surface area contributed by atoms with Crippen molar-refractivity contribution in [3.05, 3.63) is 35.6 Å². The van der Waals surface area contributed by atoms with Crippen LogP contribution in [0.5, 0.6) is 0 Å². The zero-order valence-electron chi connectivity index (χ0n) is 13.1. The van der Waals surface area contributed by atoms with Gasteiger partial charge in [0.1, 0.15) is 5.82 Å². The van der Waals surface area contributed by atoms with Crippen LogP contribution in [0, 0.1) is 11.7 Å². The first kappa shape index (κ1) is 16.4. The summed E-state index contributed by atoms with van der Waals surface area (Å²) in [6.45, 7) is 7.96. The van der Waals surface area contributed by atoms with Crippen LogP contribution in [0.15, 0.2) is 24.3 Å². The summed E-state index contributed by atoms with van der Waals surface area (Å²) in [5, 5.41) is 10.1. The summed E-state index contributed by atoms with van der Waals surface area (Å²) in [6.07, 6.45) is 0.617. The third kappa shape index (κ3) is 4.77. The molecule has 1 aliphatic rings. The molecule has 1 heterocycles. The Kier molecular flexibility index (Phi) is 5.73. The second-order valence-corrected chi connectivity index (χ2v) is 6.40. The van der Waals surface area contributed by atoms with Gasteiger partial charge in [-0.15, -0.1) is 0 Å². The number of hydrogen-bond donors (Lipinski definition) is 1. The van der Waals surface area contributed by atoms with Crippen molar-refractivity contribution < 1.29 is 14.2 Å². The van der Waals surface area contributed by atoms with Crippen LogP contribution >= 0.6 is 0 Å². The summed E-state index contributed by atoms with van der Waals surface area (Å²) in [6, 6.07) is 6.98. The third-order valence-corrected chi connectivity index (χ3v) is 3.91. The van der Waals surface area contributed by atoms with Crippen LogP contribution in [0.2, 0.25) is 0 Å². The molecule has 0 spiro atoms. The van der Waals surface area contributed by atoms with Crippen LogP contribution in [-0.4, -0.2) is 41.9 Å². The van der Waals surface area contributed by atoms with E-state index >= 15 is 0 Å². The van der Waals surface area contributed by atoms with E-state index in [4.69, 9.17) is 4.74 Å². The zero-order valence-corrected chi connectivity index (χ0v) is 13.1. The number of β-amino-alcohol motifs (C(OH)–C–C–N with tert-alkyl or cyclic N) is 1. The Morgan fingerprint density at radius 3 is 2.86 bits per heavy atom. The maximum Gasteiger partial charge on any atom is 0.123 e. The lowest BCUT2D eigenvalue weighted by Gasteiger charge is -2.27. The molecule has 3 nitrogen and oxygen atoms in total. The van der Waals surface area contributed by atoms with Gasteiger partial charge < -0.3 is 9.84 Å². The lowest BCUT2D eigenvalue weighted by atomic mass is 10.0. The molecule has 0 amide bonds. The van der Waals surface area contributed by atoms with Crippen LogP contribution in [0.25, 0.3) is 0 Å². The molecule has 3 atom stereocenters. The van der Waals surface area contributed by atoms with Crippen molar-refractivity contribution >= 4 is 0 Å². The van der Waals surface area contributed by atoms with Gasteiger partial charge in [0.05, 0.1) is 18.8 Å². The summed E-state index contributed by atoms with van der Waals surface area (Å²) in [7, 11) is 0. The smallest absolute Gasteiger partial charge is 0.123 e. The molecule has 0 aromatic heterocycles. The Hall–Kier alpha value is -0.970. The maximum atomic E-state index is 13.4. The van der Waals surface area contributed by atoms with Crippen molar-refractivity contribution in [2.75, 3.05) is 19.7 Å². The number of benzene rings is 1. The van der Waals surface area contributed by atoms with Crippen molar-refractivity contribution in [1.29, 1.82) is 0 Å². The highest BCUT2D eigenvalue weighted by Gasteiger charge is 2.32. The van der Waals surface area contributed by atoms with Gasteiger partial charge in [-0.3, -0.25) is 4.90 Å². The number of ether oxygens (including phenoxy) is 1. The minimum absolute atomic E-state index is 0.121. The molecule has 1 aromatic rings. The van der Waals surface area contributed by atoms with Crippen molar-refractivity contribution in [3.63, 3.8) is 0 Å². The van der Waals surface area contributed by atoms with E-state index in [2.05, 4.69) is 11.8 Å². The van der Waals surface area contributed by atoms with Crippen molar-refractivity contribution in [3.8, 4) is 0 Å². The zero-order chi connectivity index (χ0) is 15.4. The molecule has 3 unspecified atom stereocenters. The van der Waals surface area contributed by atoms with Crippen LogP contribution in [0.3, 0.4) is 0 Å². The summed E-state index contributed by atoms with van der Waals surface area (Å²) < 4.78 is 18.9. The molecule has 1 saturated heterocycles. The second-order valence-electron chi connectivity index (χ2n) is 6.40. The van der Waals surface area contributed by atoms with Gasteiger partial charge in [0, 0.05) is 19.1 Å². The topological polar surface area (TPSA) is 32.7 Å². The van der Waals surface area contributed by atoms with E-state index in [1.54, 1.807) is 12.1 Å². The molecule has 1 N–H and O–H groups in total. The highest BCUT2D eigenvalue weighted by molar-refractivity contribution is 5.21. The van der Waals surface area contributed by atoms with E-state index in [0.29, 0.717) is 19.1 Å². The highest BCUT2D eigenvalue weighted by Crippen LogP contribution is 2.35. The Morgan fingerprint density at radius 2 is 2.19 bits per heavy atom. The molecule has 118 valence electrons.